The standard InChI is InChI=1S/C19H28N4O6/c1-19(2,3)29-18(25)21-7-8-27-9-10-28-16-11-15(5-6-20-16)23-13-14(12-22-23)17(24)26-4/h5-6,11-13,17,24H,7-10H2,1-4H3,(H,21,25). The topological polar surface area (TPSA) is 117 Å². The SMILES string of the molecule is COC(O)c1cnn(-c2ccnc(OCCOCCNC(=O)OC(C)(C)C)c2)c1. The van der Waals surface area contributed by atoms with Gasteiger partial charge in [-0.05, 0) is 26.8 Å². The van der Waals surface area contributed by atoms with Crippen molar-refractivity contribution in [1.82, 2.24) is 20.1 Å². The van der Waals surface area contributed by atoms with Gasteiger partial charge in [0.15, 0.2) is 6.29 Å². The predicted molar refractivity (Wildman–Crippen MR) is 104 cm³/mol. The molecule has 2 N–H and O–H groups in total. The number of alkyl carbamates (subject to hydrolysis) is 1. The van der Waals surface area contributed by atoms with Crippen LogP contribution in [0.1, 0.15) is 32.6 Å². The maximum absolute atomic E-state index is 11.5. The number of methoxy groups -OCH3 is 1. The van der Waals surface area contributed by atoms with Gasteiger partial charge in [-0.1, -0.05) is 0 Å². The van der Waals surface area contributed by atoms with E-state index < -0.39 is 18.0 Å². The first-order valence-electron chi connectivity index (χ1n) is 9.18. The minimum absolute atomic E-state index is 0.301. The summed E-state index contributed by atoms with van der Waals surface area (Å²) in [6, 6.07) is 3.49. The smallest absolute Gasteiger partial charge is 0.407 e. The number of rotatable bonds is 10. The molecule has 160 valence electrons. The van der Waals surface area contributed by atoms with Crippen LogP contribution in [0.5, 0.6) is 5.88 Å². The van der Waals surface area contributed by atoms with Gasteiger partial charge in [-0.2, -0.15) is 5.10 Å². The van der Waals surface area contributed by atoms with Crippen molar-refractivity contribution in [2.45, 2.75) is 32.7 Å². The highest BCUT2D eigenvalue weighted by Crippen LogP contribution is 2.17. The lowest BCUT2D eigenvalue weighted by Crippen LogP contribution is -2.34. The third-order valence-electron chi connectivity index (χ3n) is 3.49. The molecule has 10 heteroatoms. The van der Waals surface area contributed by atoms with E-state index >= 15 is 0 Å². The average Bonchev–Trinajstić information content (AvgIpc) is 3.16. The number of nitrogens with one attached hydrogen (secondary N) is 1. The van der Waals surface area contributed by atoms with Crippen molar-refractivity contribution in [1.29, 1.82) is 0 Å². The van der Waals surface area contributed by atoms with Crippen LogP contribution in [0.2, 0.25) is 0 Å². The molecule has 2 rings (SSSR count). The Hall–Kier alpha value is -2.69. The summed E-state index contributed by atoms with van der Waals surface area (Å²) >= 11 is 0. The minimum atomic E-state index is -1.02. The van der Waals surface area contributed by atoms with Gasteiger partial charge in [0, 0.05) is 37.7 Å². The van der Waals surface area contributed by atoms with E-state index in [1.54, 1.807) is 50.0 Å². The fourth-order valence-corrected chi connectivity index (χ4v) is 2.21. The molecule has 0 saturated heterocycles. The first-order chi connectivity index (χ1) is 13.8. The molecule has 0 aliphatic rings. The minimum Gasteiger partial charge on any atom is -0.475 e. The van der Waals surface area contributed by atoms with Crippen molar-refractivity contribution >= 4 is 6.09 Å². The summed E-state index contributed by atoms with van der Waals surface area (Å²) in [5.74, 6) is 0.419. The molecule has 2 aromatic heterocycles. The quantitative estimate of drug-likeness (QED) is 0.452. The number of hydrogen-bond acceptors (Lipinski definition) is 8. The number of amides is 1. The number of aromatic nitrogens is 3. The fraction of sp³-hybridized carbons (Fsp3) is 0.526. The molecule has 2 heterocycles. The van der Waals surface area contributed by atoms with Crippen LogP contribution in [0.4, 0.5) is 4.79 Å². The molecule has 0 aliphatic carbocycles. The molecule has 1 unspecified atom stereocenters. The van der Waals surface area contributed by atoms with Crippen molar-refractivity contribution in [2.24, 2.45) is 0 Å². The lowest BCUT2D eigenvalue weighted by atomic mass is 10.2. The summed E-state index contributed by atoms with van der Waals surface area (Å²) in [4.78, 5) is 15.6. The van der Waals surface area contributed by atoms with Crippen molar-refractivity contribution in [3.05, 3.63) is 36.3 Å². The Bertz CT molecular complexity index is 774. The number of pyridine rings is 1. The second kappa shape index (κ2) is 10.7. The van der Waals surface area contributed by atoms with Crippen molar-refractivity contribution in [3.8, 4) is 11.6 Å². The molecule has 0 radical (unpaired) electrons. The van der Waals surface area contributed by atoms with Gasteiger partial charge in [0.25, 0.3) is 0 Å². The summed E-state index contributed by atoms with van der Waals surface area (Å²) in [5, 5.41) is 16.5. The van der Waals surface area contributed by atoms with Crippen LogP contribution in [0.15, 0.2) is 30.7 Å². The molecule has 2 aromatic rings. The zero-order chi connectivity index (χ0) is 21.3. The normalized spacial score (nSPS) is 12.4. The van der Waals surface area contributed by atoms with E-state index in [0.717, 1.165) is 5.69 Å². The van der Waals surface area contributed by atoms with Crippen LogP contribution in [-0.2, 0) is 14.2 Å². The maximum atomic E-state index is 11.5. The highest BCUT2D eigenvalue weighted by molar-refractivity contribution is 5.67. The Labute approximate surface area is 169 Å². The molecule has 29 heavy (non-hydrogen) atoms. The van der Waals surface area contributed by atoms with Gasteiger partial charge in [-0.15, -0.1) is 0 Å². The second-order valence-electron chi connectivity index (χ2n) is 7.05. The number of hydrogen-bond donors (Lipinski definition) is 2. The third-order valence-corrected chi connectivity index (χ3v) is 3.49. The lowest BCUT2D eigenvalue weighted by Gasteiger charge is -2.19. The van der Waals surface area contributed by atoms with Crippen molar-refractivity contribution in [3.63, 3.8) is 0 Å². The van der Waals surface area contributed by atoms with Crippen LogP contribution in [0.25, 0.3) is 5.69 Å². The Balaban J connectivity index is 1.69. The number of aliphatic hydroxyl groups is 1. The molecule has 0 aromatic carbocycles. The van der Waals surface area contributed by atoms with Gasteiger partial charge in [0.1, 0.15) is 12.2 Å². The largest absolute Gasteiger partial charge is 0.475 e. The fourth-order valence-electron chi connectivity index (χ4n) is 2.21. The molecule has 0 spiro atoms. The number of aliphatic hydroxyl groups excluding tert-OH is 1. The summed E-state index contributed by atoms with van der Waals surface area (Å²) in [6.45, 7) is 6.74. The molecule has 10 nitrogen and oxygen atoms in total. The van der Waals surface area contributed by atoms with E-state index in [4.69, 9.17) is 18.9 Å². The van der Waals surface area contributed by atoms with E-state index in [2.05, 4.69) is 15.4 Å². The summed E-state index contributed by atoms with van der Waals surface area (Å²) in [6.07, 6.45) is 3.29. The Kier molecular flexibility index (Phi) is 8.37. The number of nitrogens with zero attached hydrogens (tertiary/aromatic N) is 3. The van der Waals surface area contributed by atoms with E-state index in [-0.39, 0.29) is 0 Å². The zero-order valence-electron chi connectivity index (χ0n) is 17.1. The van der Waals surface area contributed by atoms with E-state index in [9.17, 15) is 9.90 Å². The molecule has 0 aliphatic heterocycles. The van der Waals surface area contributed by atoms with Crippen LogP contribution in [0.3, 0.4) is 0 Å². The van der Waals surface area contributed by atoms with Gasteiger partial charge in [-0.25, -0.2) is 14.5 Å². The summed E-state index contributed by atoms with van der Waals surface area (Å²) in [7, 11) is 1.41. The second-order valence-corrected chi connectivity index (χ2v) is 7.05. The number of carbonyl (C=O) groups is 1. The predicted octanol–water partition coefficient (Wildman–Crippen LogP) is 1.82. The Morgan fingerprint density at radius 3 is 2.83 bits per heavy atom. The van der Waals surface area contributed by atoms with Crippen LogP contribution in [0, 0.1) is 0 Å². The van der Waals surface area contributed by atoms with E-state index in [1.807, 2.05) is 0 Å². The highest BCUT2D eigenvalue weighted by Gasteiger charge is 2.15. The van der Waals surface area contributed by atoms with Crippen molar-refractivity contribution in [2.75, 3.05) is 33.5 Å². The maximum Gasteiger partial charge on any atom is 0.407 e. The Morgan fingerprint density at radius 1 is 1.31 bits per heavy atom. The molecule has 0 saturated carbocycles. The molecule has 1 amide bonds. The van der Waals surface area contributed by atoms with Gasteiger partial charge in [0.05, 0.1) is 25.1 Å². The summed E-state index contributed by atoms with van der Waals surface area (Å²) < 4.78 is 22.6. The molecular weight excluding hydrogens is 380 g/mol. The van der Waals surface area contributed by atoms with Crippen LogP contribution >= 0.6 is 0 Å². The van der Waals surface area contributed by atoms with Gasteiger partial charge in [-0.3, -0.25) is 0 Å². The summed E-state index contributed by atoms with van der Waals surface area (Å²) in [5.41, 5.74) is 0.744. The van der Waals surface area contributed by atoms with Gasteiger partial charge in [0.2, 0.25) is 5.88 Å². The monoisotopic (exact) mass is 408 g/mol. The van der Waals surface area contributed by atoms with E-state index in [0.29, 0.717) is 37.8 Å². The third kappa shape index (κ3) is 8.06. The average molecular weight is 408 g/mol. The highest BCUT2D eigenvalue weighted by atomic mass is 16.6. The Morgan fingerprint density at radius 2 is 2.10 bits per heavy atom. The van der Waals surface area contributed by atoms with Crippen LogP contribution in [-0.4, -0.2) is 65.0 Å². The molecular formula is C19H28N4O6. The van der Waals surface area contributed by atoms with E-state index in [1.165, 1.54) is 13.3 Å². The molecule has 0 bridgehead atoms. The first kappa shape index (κ1) is 22.6. The molecule has 1 atom stereocenters. The van der Waals surface area contributed by atoms with Gasteiger partial charge >= 0.3 is 6.09 Å². The number of carbonyl (C=O) groups excluding carboxylic acids is 1. The zero-order valence-corrected chi connectivity index (χ0v) is 17.1. The number of ether oxygens (including phenoxy) is 4. The first-order valence-corrected chi connectivity index (χ1v) is 9.18. The van der Waals surface area contributed by atoms with Crippen molar-refractivity contribution < 1.29 is 28.8 Å². The molecule has 0 fully saturated rings. The lowest BCUT2D eigenvalue weighted by molar-refractivity contribution is -0.0769. The van der Waals surface area contributed by atoms with Gasteiger partial charge < -0.3 is 29.4 Å². The van der Waals surface area contributed by atoms with Crippen LogP contribution < -0.4 is 10.1 Å².